The van der Waals surface area contributed by atoms with E-state index in [1.807, 2.05) is 6.92 Å². The van der Waals surface area contributed by atoms with Gasteiger partial charge in [-0.15, -0.1) is 0 Å². The number of aliphatic hydroxyl groups is 1. The molecule has 0 radical (unpaired) electrons. The van der Waals surface area contributed by atoms with Crippen LogP contribution in [0.25, 0.3) is 0 Å². The zero-order chi connectivity index (χ0) is 10.5. The highest BCUT2D eigenvalue weighted by Gasteiger charge is 2.38. The molecule has 0 bridgehead atoms. The number of fused-ring (bicyclic) bond motifs is 1. The summed E-state index contributed by atoms with van der Waals surface area (Å²) in [5.74, 6) is -1.19. The molecule has 1 nitrogen and oxygen atoms in total. The third-order valence-electron chi connectivity index (χ3n) is 3.22. The summed E-state index contributed by atoms with van der Waals surface area (Å²) in [6, 6.07) is 2.19. The topological polar surface area (TPSA) is 20.2 Å². The van der Waals surface area contributed by atoms with Crippen LogP contribution in [0.2, 0.25) is 0 Å². The van der Waals surface area contributed by atoms with Crippen LogP contribution in [0, 0.1) is 17.6 Å². The van der Waals surface area contributed by atoms with E-state index in [9.17, 15) is 13.9 Å². The van der Waals surface area contributed by atoms with Crippen LogP contribution in [0.1, 0.15) is 37.0 Å². The fourth-order valence-electron chi connectivity index (χ4n) is 2.15. The van der Waals surface area contributed by atoms with Crippen LogP contribution < -0.4 is 0 Å². The average molecular weight is 198 g/mol. The van der Waals surface area contributed by atoms with Gasteiger partial charge in [0.1, 0.15) is 11.6 Å². The number of hydrogen-bond donors (Lipinski definition) is 1. The van der Waals surface area contributed by atoms with Gasteiger partial charge < -0.3 is 5.11 Å². The van der Waals surface area contributed by atoms with Gasteiger partial charge in [0.05, 0.1) is 6.10 Å². The Bertz CT molecular complexity index is 341. The first kappa shape index (κ1) is 9.59. The van der Waals surface area contributed by atoms with Crippen molar-refractivity contribution in [1.29, 1.82) is 0 Å². The van der Waals surface area contributed by atoms with Crippen molar-refractivity contribution in [2.24, 2.45) is 5.92 Å². The zero-order valence-electron chi connectivity index (χ0n) is 8.09. The summed E-state index contributed by atoms with van der Waals surface area (Å²) in [4.78, 5) is 0. The molecule has 76 valence electrons. The van der Waals surface area contributed by atoms with Crippen LogP contribution in [0.15, 0.2) is 12.1 Å². The van der Waals surface area contributed by atoms with E-state index in [0.29, 0.717) is 5.56 Å². The lowest BCUT2D eigenvalue weighted by molar-refractivity contribution is 0.120. The molecule has 0 aliphatic heterocycles. The molecule has 0 heterocycles. The molecule has 0 saturated carbocycles. The summed E-state index contributed by atoms with van der Waals surface area (Å²) in [6.45, 7) is 3.61. The van der Waals surface area contributed by atoms with Crippen LogP contribution in [0.5, 0.6) is 0 Å². The van der Waals surface area contributed by atoms with Crippen molar-refractivity contribution in [3.8, 4) is 0 Å². The molecular weight excluding hydrogens is 186 g/mol. The Kier molecular flexibility index (Phi) is 2.07. The first-order valence-electron chi connectivity index (χ1n) is 4.70. The van der Waals surface area contributed by atoms with E-state index in [1.165, 1.54) is 0 Å². The second-order valence-corrected chi connectivity index (χ2v) is 3.95. The highest BCUT2D eigenvalue weighted by atomic mass is 19.1. The van der Waals surface area contributed by atoms with Crippen LogP contribution in [-0.2, 0) is 0 Å². The number of benzene rings is 1. The molecule has 14 heavy (non-hydrogen) atoms. The van der Waals surface area contributed by atoms with Crippen molar-refractivity contribution in [1.82, 2.24) is 0 Å². The van der Waals surface area contributed by atoms with Gasteiger partial charge in [-0.1, -0.05) is 13.8 Å². The van der Waals surface area contributed by atoms with Gasteiger partial charge in [-0.3, -0.25) is 0 Å². The summed E-state index contributed by atoms with van der Waals surface area (Å²) < 4.78 is 26.7. The Labute approximate surface area is 81.4 Å². The zero-order valence-corrected chi connectivity index (χ0v) is 8.09. The summed E-state index contributed by atoms with van der Waals surface area (Å²) in [5, 5.41) is 9.72. The average Bonchev–Trinajstić information content (AvgIpc) is 2.38. The van der Waals surface area contributed by atoms with Crippen molar-refractivity contribution >= 4 is 0 Å². The molecule has 0 spiro atoms. The van der Waals surface area contributed by atoms with Gasteiger partial charge in [0, 0.05) is 5.56 Å². The van der Waals surface area contributed by atoms with Gasteiger partial charge in [-0.05, 0) is 29.5 Å². The van der Waals surface area contributed by atoms with E-state index >= 15 is 0 Å². The third kappa shape index (κ3) is 1.08. The van der Waals surface area contributed by atoms with E-state index in [-0.39, 0.29) is 17.4 Å². The van der Waals surface area contributed by atoms with E-state index in [2.05, 4.69) is 0 Å². The molecule has 2 rings (SSSR count). The lowest BCUT2D eigenvalue weighted by Gasteiger charge is -2.12. The predicted molar refractivity (Wildman–Crippen MR) is 48.9 cm³/mol. The van der Waals surface area contributed by atoms with Gasteiger partial charge in [0.25, 0.3) is 0 Å². The summed E-state index contributed by atoms with van der Waals surface area (Å²) in [6.07, 6.45) is -0.879. The largest absolute Gasteiger partial charge is 0.388 e. The van der Waals surface area contributed by atoms with Gasteiger partial charge in [-0.2, -0.15) is 0 Å². The fraction of sp³-hybridized carbons (Fsp3) is 0.455. The Balaban J connectivity index is 2.67. The van der Waals surface area contributed by atoms with Crippen molar-refractivity contribution < 1.29 is 13.9 Å². The highest BCUT2D eigenvalue weighted by Crippen LogP contribution is 2.46. The minimum atomic E-state index is -0.879. The van der Waals surface area contributed by atoms with E-state index < -0.39 is 17.7 Å². The third-order valence-corrected chi connectivity index (χ3v) is 3.22. The Morgan fingerprint density at radius 3 is 2.07 bits per heavy atom. The van der Waals surface area contributed by atoms with Crippen molar-refractivity contribution in [2.45, 2.75) is 25.9 Å². The van der Waals surface area contributed by atoms with Gasteiger partial charge >= 0.3 is 0 Å². The molecule has 1 N–H and O–H groups in total. The van der Waals surface area contributed by atoms with Crippen molar-refractivity contribution in [2.75, 3.05) is 0 Å². The lowest BCUT2D eigenvalue weighted by atomic mass is 9.95. The van der Waals surface area contributed by atoms with Crippen LogP contribution in [-0.4, -0.2) is 5.11 Å². The van der Waals surface area contributed by atoms with Crippen LogP contribution in [0.3, 0.4) is 0 Å². The van der Waals surface area contributed by atoms with Gasteiger partial charge in [0.2, 0.25) is 0 Å². The first-order valence-corrected chi connectivity index (χ1v) is 4.70. The van der Waals surface area contributed by atoms with E-state index in [4.69, 9.17) is 0 Å². The first-order chi connectivity index (χ1) is 6.54. The maximum atomic E-state index is 13.4. The molecule has 3 unspecified atom stereocenters. The maximum absolute atomic E-state index is 13.4. The van der Waals surface area contributed by atoms with Crippen molar-refractivity contribution in [3.05, 3.63) is 34.9 Å². The summed E-state index contributed by atoms with van der Waals surface area (Å²) in [7, 11) is 0. The van der Waals surface area contributed by atoms with Crippen LogP contribution >= 0.6 is 0 Å². The summed E-state index contributed by atoms with van der Waals surface area (Å²) >= 11 is 0. The van der Waals surface area contributed by atoms with Crippen molar-refractivity contribution in [3.63, 3.8) is 0 Å². The Hall–Kier alpha value is -0.960. The molecule has 0 amide bonds. The number of rotatable bonds is 0. The number of aliphatic hydroxyl groups excluding tert-OH is 1. The normalized spacial score (nSPS) is 30.5. The van der Waals surface area contributed by atoms with Crippen LogP contribution in [0.4, 0.5) is 8.78 Å². The quantitative estimate of drug-likeness (QED) is 0.679. The van der Waals surface area contributed by atoms with E-state index in [1.54, 1.807) is 6.92 Å². The molecule has 3 heteroatoms. The Morgan fingerprint density at radius 2 is 1.57 bits per heavy atom. The highest BCUT2D eigenvalue weighted by molar-refractivity contribution is 5.39. The number of hydrogen-bond acceptors (Lipinski definition) is 1. The minimum absolute atomic E-state index is 0.128. The molecule has 3 atom stereocenters. The molecule has 1 aliphatic rings. The predicted octanol–water partition coefficient (Wildman–Crippen LogP) is 2.75. The van der Waals surface area contributed by atoms with Gasteiger partial charge in [0.15, 0.2) is 0 Å². The lowest BCUT2D eigenvalue weighted by Crippen LogP contribution is -2.05. The maximum Gasteiger partial charge on any atom is 0.129 e. The molecule has 0 fully saturated rings. The van der Waals surface area contributed by atoms with Gasteiger partial charge in [-0.25, -0.2) is 8.78 Å². The molecule has 0 saturated heterocycles. The minimum Gasteiger partial charge on any atom is -0.388 e. The molecule has 1 aromatic rings. The second kappa shape index (κ2) is 3.02. The summed E-state index contributed by atoms with van der Waals surface area (Å²) in [5.41, 5.74) is 0.481. The SMILES string of the molecule is CC1c2c(F)ccc(F)c2C(O)C1C. The number of halogens is 2. The molecular formula is C11H12F2O. The molecule has 1 aliphatic carbocycles. The Morgan fingerprint density at radius 1 is 1.07 bits per heavy atom. The van der Waals surface area contributed by atoms with E-state index in [0.717, 1.165) is 12.1 Å². The standard InChI is InChI=1S/C11H12F2O/c1-5-6(2)11(14)10-8(13)4-3-7(12)9(5)10/h3-6,11,14H,1-2H3. The second-order valence-electron chi connectivity index (χ2n) is 3.95. The fourth-order valence-corrected chi connectivity index (χ4v) is 2.15. The smallest absolute Gasteiger partial charge is 0.129 e. The molecule has 0 aromatic heterocycles. The monoisotopic (exact) mass is 198 g/mol. The molecule has 1 aromatic carbocycles.